The molecule has 0 bridgehead atoms. The third kappa shape index (κ3) is 4.29. The van der Waals surface area contributed by atoms with Crippen molar-refractivity contribution in [2.75, 3.05) is 5.32 Å². The largest absolute Gasteiger partial charge is 0.480 e. The van der Waals surface area contributed by atoms with Crippen LogP contribution in [0.2, 0.25) is 0 Å². The lowest BCUT2D eigenvalue weighted by atomic mass is 10.2. The van der Waals surface area contributed by atoms with Crippen molar-refractivity contribution in [1.82, 2.24) is 0 Å². The topological polar surface area (TPSA) is 38.3 Å². The van der Waals surface area contributed by atoms with Crippen LogP contribution in [0, 0.1) is 12.7 Å². The number of aryl methyl sites for hydroxylation is 1. The molecule has 0 radical (unpaired) electrons. The van der Waals surface area contributed by atoms with E-state index in [1.165, 1.54) is 24.3 Å². The molecular weight excluding hydrogens is 337 g/mol. The monoisotopic (exact) mass is 351 g/mol. The van der Waals surface area contributed by atoms with E-state index < -0.39 is 6.10 Å². The van der Waals surface area contributed by atoms with Gasteiger partial charge in [-0.15, -0.1) is 0 Å². The van der Waals surface area contributed by atoms with Gasteiger partial charge >= 0.3 is 0 Å². The van der Waals surface area contributed by atoms with Gasteiger partial charge in [0.2, 0.25) is 0 Å². The van der Waals surface area contributed by atoms with Crippen molar-refractivity contribution in [2.24, 2.45) is 0 Å². The van der Waals surface area contributed by atoms with Crippen LogP contribution in [0.25, 0.3) is 0 Å². The summed E-state index contributed by atoms with van der Waals surface area (Å²) in [5, 5.41) is 2.67. The molecule has 0 saturated heterocycles. The van der Waals surface area contributed by atoms with Gasteiger partial charge in [-0.2, -0.15) is 0 Å². The molecule has 0 aliphatic rings. The lowest BCUT2D eigenvalue weighted by Gasteiger charge is -2.16. The second-order valence-corrected chi connectivity index (χ2v) is 5.54. The SMILES string of the molecule is Cc1ccc(O[C@@H](C)C(=O)Nc2ccc(F)cc2)c(Br)c1. The predicted octanol–water partition coefficient (Wildman–Crippen LogP) is 4.30. The summed E-state index contributed by atoms with van der Waals surface area (Å²) in [6.07, 6.45) is -0.672. The lowest BCUT2D eigenvalue weighted by Crippen LogP contribution is -2.30. The van der Waals surface area contributed by atoms with Crippen molar-refractivity contribution in [3.8, 4) is 5.75 Å². The van der Waals surface area contributed by atoms with Crippen LogP contribution in [-0.2, 0) is 4.79 Å². The number of nitrogens with one attached hydrogen (secondary N) is 1. The second-order valence-electron chi connectivity index (χ2n) is 4.69. The van der Waals surface area contributed by atoms with Gasteiger partial charge in [0.25, 0.3) is 5.91 Å². The zero-order chi connectivity index (χ0) is 15.4. The third-order valence-electron chi connectivity index (χ3n) is 2.87. The van der Waals surface area contributed by atoms with Gasteiger partial charge in [0.05, 0.1) is 4.47 Å². The second kappa shape index (κ2) is 6.72. The van der Waals surface area contributed by atoms with Crippen LogP contribution >= 0.6 is 15.9 Å². The van der Waals surface area contributed by atoms with Crippen molar-refractivity contribution < 1.29 is 13.9 Å². The molecule has 0 saturated carbocycles. The first kappa shape index (κ1) is 15.5. The van der Waals surface area contributed by atoms with E-state index in [1.807, 2.05) is 19.1 Å². The lowest BCUT2D eigenvalue weighted by molar-refractivity contribution is -0.122. The standard InChI is InChI=1S/C16H15BrFNO2/c1-10-3-8-15(14(17)9-10)21-11(2)16(20)19-13-6-4-12(18)5-7-13/h3-9,11H,1-2H3,(H,19,20)/t11-/m0/s1. The van der Waals surface area contributed by atoms with Gasteiger partial charge in [0.15, 0.2) is 6.10 Å². The van der Waals surface area contributed by atoms with Gasteiger partial charge in [-0.1, -0.05) is 6.07 Å². The van der Waals surface area contributed by atoms with Crippen LogP contribution in [0.5, 0.6) is 5.75 Å². The Hall–Kier alpha value is -1.88. The molecule has 0 spiro atoms. The van der Waals surface area contributed by atoms with E-state index in [-0.39, 0.29) is 11.7 Å². The van der Waals surface area contributed by atoms with E-state index in [1.54, 1.807) is 13.0 Å². The summed E-state index contributed by atoms with van der Waals surface area (Å²) in [6, 6.07) is 11.2. The molecule has 0 fully saturated rings. The van der Waals surface area contributed by atoms with Gasteiger partial charge in [-0.25, -0.2) is 4.39 Å². The summed E-state index contributed by atoms with van der Waals surface area (Å²) in [4.78, 5) is 12.0. The highest BCUT2D eigenvalue weighted by Gasteiger charge is 2.16. The Labute approximate surface area is 131 Å². The zero-order valence-corrected chi connectivity index (χ0v) is 13.3. The molecule has 110 valence electrons. The molecule has 1 N–H and O–H groups in total. The molecular formula is C16H15BrFNO2. The smallest absolute Gasteiger partial charge is 0.265 e. The molecule has 2 rings (SSSR count). The average molecular weight is 352 g/mol. The Balaban J connectivity index is 2.00. The number of ether oxygens (including phenoxy) is 1. The summed E-state index contributed by atoms with van der Waals surface area (Å²) in [6.45, 7) is 3.63. The molecule has 0 aliphatic carbocycles. The van der Waals surface area contributed by atoms with E-state index in [9.17, 15) is 9.18 Å². The molecule has 2 aromatic rings. The van der Waals surface area contributed by atoms with Crippen LogP contribution in [0.3, 0.4) is 0 Å². The molecule has 3 nitrogen and oxygen atoms in total. The first-order valence-corrected chi connectivity index (χ1v) is 7.24. The summed E-state index contributed by atoms with van der Waals surface area (Å²) in [5.74, 6) is -0.0441. The van der Waals surface area contributed by atoms with Crippen molar-refractivity contribution in [3.05, 3.63) is 58.3 Å². The van der Waals surface area contributed by atoms with E-state index in [0.717, 1.165) is 10.0 Å². The predicted molar refractivity (Wildman–Crippen MR) is 84.0 cm³/mol. The highest BCUT2D eigenvalue weighted by atomic mass is 79.9. The summed E-state index contributed by atoms with van der Waals surface area (Å²) < 4.78 is 19.2. The maximum absolute atomic E-state index is 12.8. The summed E-state index contributed by atoms with van der Waals surface area (Å²) >= 11 is 3.40. The molecule has 2 aromatic carbocycles. The number of halogens is 2. The van der Waals surface area contributed by atoms with Crippen LogP contribution in [-0.4, -0.2) is 12.0 Å². The minimum Gasteiger partial charge on any atom is -0.480 e. The van der Waals surface area contributed by atoms with E-state index in [4.69, 9.17) is 4.74 Å². The minimum absolute atomic E-state index is 0.297. The summed E-state index contributed by atoms with van der Waals surface area (Å²) in [7, 11) is 0. The normalized spacial score (nSPS) is 11.8. The molecule has 5 heteroatoms. The fraction of sp³-hybridized carbons (Fsp3) is 0.188. The molecule has 0 unspecified atom stereocenters. The molecule has 0 heterocycles. The van der Waals surface area contributed by atoms with Gasteiger partial charge in [-0.3, -0.25) is 4.79 Å². The molecule has 1 amide bonds. The van der Waals surface area contributed by atoms with Crippen molar-refractivity contribution in [3.63, 3.8) is 0 Å². The van der Waals surface area contributed by atoms with E-state index in [2.05, 4.69) is 21.2 Å². The number of hydrogen-bond donors (Lipinski definition) is 1. The highest BCUT2D eigenvalue weighted by molar-refractivity contribution is 9.10. The van der Waals surface area contributed by atoms with Crippen LogP contribution in [0.1, 0.15) is 12.5 Å². The van der Waals surface area contributed by atoms with E-state index in [0.29, 0.717) is 11.4 Å². The number of carbonyl (C=O) groups is 1. The number of carbonyl (C=O) groups excluding carboxylic acids is 1. The average Bonchev–Trinajstić information content (AvgIpc) is 2.44. The van der Waals surface area contributed by atoms with Crippen molar-refractivity contribution in [1.29, 1.82) is 0 Å². The molecule has 0 aromatic heterocycles. The van der Waals surface area contributed by atoms with Gasteiger partial charge < -0.3 is 10.1 Å². The third-order valence-corrected chi connectivity index (χ3v) is 3.49. The van der Waals surface area contributed by atoms with Crippen LogP contribution in [0.4, 0.5) is 10.1 Å². The molecule has 21 heavy (non-hydrogen) atoms. The first-order valence-electron chi connectivity index (χ1n) is 6.45. The number of rotatable bonds is 4. The summed E-state index contributed by atoms with van der Waals surface area (Å²) in [5.41, 5.74) is 1.62. The number of anilines is 1. The fourth-order valence-electron chi connectivity index (χ4n) is 1.72. The van der Waals surface area contributed by atoms with Crippen molar-refractivity contribution >= 4 is 27.5 Å². The zero-order valence-electron chi connectivity index (χ0n) is 11.7. The number of amides is 1. The Morgan fingerprint density at radius 1 is 1.24 bits per heavy atom. The minimum atomic E-state index is -0.672. The highest BCUT2D eigenvalue weighted by Crippen LogP contribution is 2.26. The first-order chi connectivity index (χ1) is 9.95. The van der Waals surface area contributed by atoms with Gasteiger partial charge in [0, 0.05) is 5.69 Å². The Bertz CT molecular complexity index is 643. The Morgan fingerprint density at radius 2 is 1.90 bits per heavy atom. The van der Waals surface area contributed by atoms with Gasteiger partial charge in [0.1, 0.15) is 11.6 Å². The maximum atomic E-state index is 12.8. The quantitative estimate of drug-likeness (QED) is 0.891. The fourth-order valence-corrected chi connectivity index (χ4v) is 2.31. The van der Waals surface area contributed by atoms with Crippen molar-refractivity contribution in [2.45, 2.75) is 20.0 Å². The number of benzene rings is 2. The molecule has 0 aliphatic heterocycles. The molecule has 1 atom stereocenters. The number of hydrogen-bond acceptors (Lipinski definition) is 2. The Morgan fingerprint density at radius 3 is 2.52 bits per heavy atom. The van der Waals surface area contributed by atoms with Gasteiger partial charge in [-0.05, 0) is 71.7 Å². The van der Waals surface area contributed by atoms with E-state index >= 15 is 0 Å². The maximum Gasteiger partial charge on any atom is 0.265 e. The van der Waals surface area contributed by atoms with Crippen LogP contribution < -0.4 is 10.1 Å². The Kier molecular flexibility index (Phi) is 4.96. The van der Waals surface area contributed by atoms with Crippen LogP contribution in [0.15, 0.2) is 46.9 Å².